The van der Waals surface area contributed by atoms with Crippen LogP contribution in [0.4, 0.5) is 5.69 Å². The summed E-state index contributed by atoms with van der Waals surface area (Å²) in [4.78, 5) is 10.9. The number of aromatic nitrogens is 1. The number of hydrogen-bond donors (Lipinski definition) is 2. The highest BCUT2D eigenvalue weighted by molar-refractivity contribution is 5.87. The maximum atomic E-state index is 10.9. The van der Waals surface area contributed by atoms with Crippen LogP contribution in [-0.4, -0.2) is 16.2 Å². The van der Waals surface area contributed by atoms with E-state index in [0.29, 0.717) is 18.0 Å². The first-order valence-electron chi connectivity index (χ1n) is 6.24. The molecule has 1 fully saturated rings. The van der Waals surface area contributed by atoms with Crippen LogP contribution in [-0.2, 0) is 6.54 Å². The molecule has 98 valence electrons. The van der Waals surface area contributed by atoms with Gasteiger partial charge in [-0.2, -0.15) is 0 Å². The van der Waals surface area contributed by atoms with E-state index >= 15 is 0 Å². The number of carbonyl (C=O) groups is 1. The van der Waals surface area contributed by atoms with Crippen molar-refractivity contribution >= 4 is 11.7 Å². The highest BCUT2D eigenvalue weighted by atomic mass is 16.5. The number of nitrogens with zero attached hydrogens (tertiary/aromatic N) is 1. The molecule has 19 heavy (non-hydrogen) atoms. The summed E-state index contributed by atoms with van der Waals surface area (Å²) in [5, 5.41) is 16.0. The Kier molecular flexibility index (Phi) is 2.95. The lowest BCUT2D eigenvalue weighted by atomic mass is 10.1. The second-order valence-corrected chi connectivity index (χ2v) is 4.74. The van der Waals surface area contributed by atoms with Gasteiger partial charge in [0.25, 0.3) is 0 Å². The highest BCUT2D eigenvalue weighted by Crippen LogP contribution is 2.43. The van der Waals surface area contributed by atoms with E-state index in [1.165, 1.54) is 0 Å². The Morgan fingerprint density at radius 3 is 3.05 bits per heavy atom. The molecule has 2 aromatic rings. The van der Waals surface area contributed by atoms with Crippen LogP contribution in [0.5, 0.6) is 0 Å². The second kappa shape index (κ2) is 4.76. The minimum Gasteiger partial charge on any atom is -0.478 e. The van der Waals surface area contributed by atoms with E-state index in [-0.39, 0.29) is 0 Å². The van der Waals surface area contributed by atoms with Crippen LogP contribution in [0.2, 0.25) is 0 Å². The van der Waals surface area contributed by atoms with Gasteiger partial charge in [0.1, 0.15) is 0 Å². The molecule has 1 heterocycles. The van der Waals surface area contributed by atoms with Crippen molar-refractivity contribution in [2.45, 2.75) is 25.3 Å². The van der Waals surface area contributed by atoms with Gasteiger partial charge in [-0.3, -0.25) is 0 Å². The molecular weight excluding hydrogens is 244 g/mol. The van der Waals surface area contributed by atoms with Gasteiger partial charge >= 0.3 is 5.97 Å². The molecule has 1 aliphatic rings. The minimum absolute atomic E-state index is 0.298. The number of anilines is 1. The van der Waals surface area contributed by atoms with Gasteiger partial charge in [0.2, 0.25) is 0 Å². The molecule has 0 amide bonds. The van der Waals surface area contributed by atoms with E-state index in [2.05, 4.69) is 10.5 Å². The highest BCUT2D eigenvalue weighted by Gasteiger charge is 2.30. The van der Waals surface area contributed by atoms with Crippen LogP contribution in [0.15, 0.2) is 35.0 Å². The lowest BCUT2D eigenvalue weighted by Crippen LogP contribution is -2.02. The van der Waals surface area contributed by atoms with Crippen LogP contribution in [0.25, 0.3) is 0 Å². The number of carboxylic acids is 1. The van der Waals surface area contributed by atoms with Crippen molar-refractivity contribution < 1.29 is 14.4 Å². The van der Waals surface area contributed by atoms with Gasteiger partial charge in [-0.15, -0.1) is 0 Å². The summed E-state index contributed by atoms with van der Waals surface area (Å²) in [5.74, 6) is 0.496. The SMILES string of the molecule is O=C(O)c1cccc(CNc2cnoc2C2CC2)c1. The molecule has 1 aliphatic carbocycles. The standard InChI is InChI=1S/C14H14N2O3/c17-14(18)11-3-1-2-9(6-11)7-15-12-8-16-19-13(12)10-4-5-10/h1-3,6,8,10,15H,4-5,7H2,(H,17,18). The van der Waals surface area contributed by atoms with E-state index < -0.39 is 5.97 Å². The zero-order valence-electron chi connectivity index (χ0n) is 10.3. The molecule has 0 bridgehead atoms. The Morgan fingerprint density at radius 1 is 1.47 bits per heavy atom. The number of aromatic carboxylic acids is 1. The smallest absolute Gasteiger partial charge is 0.335 e. The molecular formula is C14H14N2O3. The first kappa shape index (κ1) is 11.8. The van der Waals surface area contributed by atoms with Crippen LogP contribution in [0.1, 0.15) is 40.4 Å². The predicted molar refractivity (Wildman–Crippen MR) is 69.2 cm³/mol. The Balaban J connectivity index is 1.70. The molecule has 2 N–H and O–H groups in total. The summed E-state index contributed by atoms with van der Waals surface area (Å²) >= 11 is 0. The average molecular weight is 258 g/mol. The van der Waals surface area contributed by atoms with Crippen molar-refractivity contribution in [2.24, 2.45) is 0 Å². The van der Waals surface area contributed by atoms with Gasteiger partial charge in [0, 0.05) is 12.5 Å². The quantitative estimate of drug-likeness (QED) is 0.862. The molecule has 0 atom stereocenters. The Hall–Kier alpha value is -2.30. The monoisotopic (exact) mass is 258 g/mol. The van der Waals surface area contributed by atoms with Crippen molar-refractivity contribution in [1.82, 2.24) is 5.16 Å². The third kappa shape index (κ3) is 2.59. The zero-order chi connectivity index (χ0) is 13.2. The van der Waals surface area contributed by atoms with Crippen LogP contribution >= 0.6 is 0 Å². The fourth-order valence-electron chi connectivity index (χ4n) is 2.03. The number of nitrogens with one attached hydrogen (secondary N) is 1. The summed E-state index contributed by atoms with van der Waals surface area (Å²) in [7, 11) is 0. The molecule has 0 unspecified atom stereocenters. The topological polar surface area (TPSA) is 75.4 Å². The van der Waals surface area contributed by atoms with Gasteiger partial charge < -0.3 is 14.9 Å². The van der Waals surface area contributed by atoms with Gasteiger partial charge in [-0.1, -0.05) is 17.3 Å². The maximum Gasteiger partial charge on any atom is 0.335 e. The average Bonchev–Trinajstić information content (AvgIpc) is 3.16. The number of hydrogen-bond acceptors (Lipinski definition) is 4. The van der Waals surface area contributed by atoms with Crippen LogP contribution < -0.4 is 5.32 Å². The van der Waals surface area contributed by atoms with Gasteiger partial charge in [-0.25, -0.2) is 4.79 Å². The van der Waals surface area contributed by atoms with Crippen molar-refractivity contribution in [2.75, 3.05) is 5.32 Å². The van der Waals surface area contributed by atoms with Gasteiger partial charge in [-0.05, 0) is 30.5 Å². The Morgan fingerprint density at radius 2 is 2.32 bits per heavy atom. The van der Waals surface area contributed by atoms with E-state index in [9.17, 15) is 4.79 Å². The first-order valence-corrected chi connectivity index (χ1v) is 6.24. The van der Waals surface area contributed by atoms with Crippen LogP contribution in [0.3, 0.4) is 0 Å². The van der Waals surface area contributed by atoms with Crippen molar-refractivity contribution in [1.29, 1.82) is 0 Å². The van der Waals surface area contributed by atoms with Gasteiger partial charge in [0.05, 0.1) is 17.4 Å². The maximum absolute atomic E-state index is 10.9. The van der Waals surface area contributed by atoms with E-state index in [0.717, 1.165) is 29.9 Å². The number of rotatable bonds is 5. The molecule has 1 saturated carbocycles. The molecule has 0 spiro atoms. The minimum atomic E-state index is -0.912. The van der Waals surface area contributed by atoms with Gasteiger partial charge in [0.15, 0.2) is 5.76 Å². The third-order valence-electron chi connectivity index (χ3n) is 3.20. The predicted octanol–water partition coefficient (Wildman–Crippen LogP) is 2.86. The van der Waals surface area contributed by atoms with E-state index in [1.807, 2.05) is 6.07 Å². The van der Waals surface area contributed by atoms with Crippen molar-refractivity contribution in [3.05, 3.63) is 47.3 Å². The van der Waals surface area contributed by atoms with Crippen molar-refractivity contribution in [3.8, 4) is 0 Å². The number of benzene rings is 1. The van der Waals surface area contributed by atoms with Crippen LogP contribution in [0, 0.1) is 0 Å². The fraction of sp³-hybridized carbons (Fsp3) is 0.286. The molecule has 1 aromatic carbocycles. The molecule has 0 radical (unpaired) electrons. The summed E-state index contributed by atoms with van der Waals surface area (Å²) in [6, 6.07) is 6.89. The Labute approximate surface area is 110 Å². The summed E-state index contributed by atoms with van der Waals surface area (Å²) in [6.07, 6.45) is 3.98. The first-order chi connectivity index (χ1) is 9.24. The number of carboxylic acid groups (broad SMARTS) is 1. The largest absolute Gasteiger partial charge is 0.478 e. The molecule has 3 rings (SSSR count). The molecule has 5 heteroatoms. The van der Waals surface area contributed by atoms with E-state index in [1.54, 1.807) is 24.4 Å². The molecule has 0 saturated heterocycles. The summed E-state index contributed by atoms with van der Waals surface area (Å²) in [5.41, 5.74) is 2.12. The fourth-order valence-corrected chi connectivity index (χ4v) is 2.03. The lowest BCUT2D eigenvalue weighted by molar-refractivity contribution is 0.0697. The second-order valence-electron chi connectivity index (χ2n) is 4.74. The van der Waals surface area contributed by atoms with Crippen molar-refractivity contribution in [3.63, 3.8) is 0 Å². The van der Waals surface area contributed by atoms with E-state index in [4.69, 9.17) is 9.63 Å². The Bertz CT molecular complexity index is 602. The molecule has 1 aromatic heterocycles. The molecule has 0 aliphatic heterocycles. The lowest BCUT2D eigenvalue weighted by Gasteiger charge is -2.06. The summed E-state index contributed by atoms with van der Waals surface area (Å²) < 4.78 is 5.23. The normalized spacial score (nSPS) is 14.3. The molecule has 5 nitrogen and oxygen atoms in total. The third-order valence-corrected chi connectivity index (χ3v) is 3.20. The zero-order valence-corrected chi connectivity index (χ0v) is 10.3. The summed E-state index contributed by atoms with van der Waals surface area (Å²) in [6.45, 7) is 0.558.